The Bertz CT molecular complexity index is 438. The van der Waals surface area contributed by atoms with Gasteiger partial charge in [-0.3, -0.25) is 0 Å². The summed E-state index contributed by atoms with van der Waals surface area (Å²) in [5, 5.41) is 2.52. The smallest absolute Gasteiger partial charge is 0.00614 e. The number of hydrogen-bond donors (Lipinski definition) is 0. The van der Waals surface area contributed by atoms with E-state index in [4.69, 9.17) is 0 Å². The van der Waals surface area contributed by atoms with Crippen molar-refractivity contribution in [3.8, 4) is 0 Å². The standard InChI is InChI=1S/C15H17/c1-3-12(4-2)15-10-9-13-7-5-6-8-14(13)11-15/h5-10,12H,3-4H2,1-2H3. The van der Waals surface area contributed by atoms with Crippen molar-refractivity contribution in [1.29, 1.82) is 0 Å². The zero-order valence-electron chi connectivity index (χ0n) is 9.46. The zero-order chi connectivity index (χ0) is 10.7. The van der Waals surface area contributed by atoms with Crippen LogP contribution in [0.5, 0.6) is 0 Å². The van der Waals surface area contributed by atoms with E-state index in [-0.39, 0.29) is 0 Å². The van der Waals surface area contributed by atoms with Crippen LogP contribution < -0.4 is 0 Å². The van der Waals surface area contributed by atoms with E-state index in [2.05, 4.69) is 56.3 Å². The van der Waals surface area contributed by atoms with Crippen molar-refractivity contribution in [3.63, 3.8) is 0 Å². The van der Waals surface area contributed by atoms with Crippen LogP contribution in [0.2, 0.25) is 0 Å². The second-order valence-electron chi connectivity index (χ2n) is 4.01. The molecule has 2 rings (SSSR count). The van der Waals surface area contributed by atoms with Gasteiger partial charge >= 0.3 is 0 Å². The molecule has 0 fully saturated rings. The lowest BCUT2D eigenvalue weighted by Crippen LogP contribution is -1.95. The van der Waals surface area contributed by atoms with Gasteiger partial charge in [-0.05, 0) is 41.2 Å². The highest BCUT2D eigenvalue weighted by Gasteiger charge is 2.07. The topological polar surface area (TPSA) is 0 Å². The maximum atomic E-state index is 3.53. The van der Waals surface area contributed by atoms with E-state index in [0.29, 0.717) is 5.92 Å². The summed E-state index contributed by atoms with van der Waals surface area (Å²) in [5.41, 5.74) is 1.36. The Balaban J connectivity index is 2.46. The lowest BCUT2D eigenvalue weighted by molar-refractivity contribution is 0.642. The lowest BCUT2D eigenvalue weighted by Gasteiger charge is -2.12. The molecule has 2 aromatic carbocycles. The maximum absolute atomic E-state index is 3.53. The van der Waals surface area contributed by atoms with Gasteiger partial charge in [-0.1, -0.05) is 50.2 Å². The predicted molar refractivity (Wildman–Crippen MR) is 66.1 cm³/mol. The zero-order valence-corrected chi connectivity index (χ0v) is 9.46. The van der Waals surface area contributed by atoms with Crippen LogP contribution in [-0.2, 0) is 0 Å². The normalized spacial score (nSPS) is 11.1. The van der Waals surface area contributed by atoms with Gasteiger partial charge in [0.05, 0.1) is 0 Å². The van der Waals surface area contributed by atoms with Gasteiger partial charge in [0.25, 0.3) is 0 Å². The largest absolute Gasteiger partial charge is 0.0648 e. The fraction of sp³-hybridized carbons (Fsp3) is 0.333. The van der Waals surface area contributed by atoms with Gasteiger partial charge in [0, 0.05) is 0 Å². The van der Waals surface area contributed by atoms with E-state index in [1.807, 2.05) is 0 Å². The Hall–Kier alpha value is -1.30. The third-order valence-electron chi connectivity index (χ3n) is 3.11. The Morgan fingerprint density at radius 1 is 1.00 bits per heavy atom. The minimum absolute atomic E-state index is 0.662. The van der Waals surface area contributed by atoms with E-state index in [1.165, 1.54) is 29.2 Å². The maximum Gasteiger partial charge on any atom is -0.00614 e. The van der Waals surface area contributed by atoms with Crippen LogP contribution in [0.15, 0.2) is 36.4 Å². The van der Waals surface area contributed by atoms with Crippen molar-refractivity contribution >= 4 is 10.8 Å². The van der Waals surface area contributed by atoms with Gasteiger partial charge in [-0.15, -0.1) is 0 Å². The number of benzene rings is 2. The van der Waals surface area contributed by atoms with Crippen LogP contribution in [-0.4, -0.2) is 0 Å². The monoisotopic (exact) mass is 197 g/mol. The molecule has 0 aliphatic carbocycles. The molecule has 0 heteroatoms. The molecule has 0 aliphatic rings. The molecule has 0 saturated heterocycles. The quantitative estimate of drug-likeness (QED) is 0.677. The van der Waals surface area contributed by atoms with E-state index in [9.17, 15) is 0 Å². The molecule has 0 amide bonds. The highest BCUT2D eigenvalue weighted by atomic mass is 14.1. The van der Waals surface area contributed by atoms with Crippen molar-refractivity contribution in [1.82, 2.24) is 0 Å². The molecule has 0 saturated carbocycles. The number of hydrogen-bond acceptors (Lipinski definition) is 0. The molecule has 15 heavy (non-hydrogen) atoms. The highest BCUT2D eigenvalue weighted by molar-refractivity contribution is 5.82. The summed E-state index contributed by atoms with van der Waals surface area (Å²) in [5.74, 6) is 0.662. The average Bonchev–Trinajstić information content (AvgIpc) is 2.30. The molecular weight excluding hydrogens is 180 g/mol. The molecule has 2 aromatic rings. The molecule has 0 unspecified atom stereocenters. The van der Waals surface area contributed by atoms with Crippen molar-refractivity contribution < 1.29 is 0 Å². The van der Waals surface area contributed by atoms with Crippen LogP contribution in [0.25, 0.3) is 10.8 Å². The van der Waals surface area contributed by atoms with Crippen LogP contribution in [0.1, 0.15) is 38.2 Å². The van der Waals surface area contributed by atoms with E-state index < -0.39 is 0 Å². The van der Waals surface area contributed by atoms with Gasteiger partial charge in [0.15, 0.2) is 0 Å². The summed E-state index contributed by atoms with van der Waals surface area (Å²) in [4.78, 5) is 0. The predicted octanol–water partition coefficient (Wildman–Crippen LogP) is 4.54. The number of fused-ring (bicyclic) bond motifs is 1. The first-order valence-electron chi connectivity index (χ1n) is 5.76. The average molecular weight is 197 g/mol. The second kappa shape index (κ2) is 4.48. The van der Waals surface area contributed by atoms with Crippen molar-refractivity contribution in [2.45, 2.75) is 32.6 Å². The van der Waals surface area contributed by atoms with Crippen LogP contribution >= 0.6 is 0 Å². The third kappa shape index (κ3) is 2.04. The second-order valence-corrected chi connectivity index (χ2v) is 4.01. The summed E-state index contributed by atoms with van der Waals surface area (Å²) >= 11 is 0. The summed E-state index contributed by atoms with van der Waals surface area (Å²) in [6.07, 6.45) is 2.40. The molecule has 0 aromatic heterocycles. The van der Waals surface area contributed by atoms with Crippen molar-refractivity contribution in [3.05, 3.63) is 48.0 Å². The van der Waals surface area contributed by atoms with E-state index >= 15 is 0 Å². The van der Waals surface area contributed by atoms with Crippen molar-refractivity contribution in [2.24, 2.45) is 0 Å². The number of rotatable bonds is 3. The highest BCUT2D eigenvalue weighted by Crippen LogP contribution is 2.25. The molecule has 77 valence electrons. The van der Waals surface area contributed by atoms with Crippen LogP contribution in [0, 0.1) is 6.07 Å². The van der Waals surface area contributed by atoms with Gasteiger partial charge in [-0.25, -0.2) is 0 Å². The Labute approximate surface area is 91.9 Å². The summed E-state index contributed by atoms with van der Waals surface area (Å²) < 4.78 is 0. The fourth-order valence-corrected chi connectivity index (χ4v) is 2.10. The molecule has 0 N–H and O–H groups in total. The van der Waals surface area contributed by atoms with Crippen LogP contribution in [0.4, 0.5) is 0 Å². The van der Waals surface area contributed by atoms with E-state index in [1.54, 1.807) is 0 Å². The molecule has 0 bridgehead atoms. The molecule has 0 aliphatic heterocycles. The first-order chi connectivity index (χ1) is 7.35. The van der Waals surface area contributed by atoms with Crippen LogP contribution in [0.3, 0.4) is 0 Å². The van der Waals surface area contributed by atoms with Gasteiger partial charge in [0.1, 0.15) is 0 Å². The molecule has 0 heterocycles. The minimum Gasteiger partial charge on any atom is -0.0648 e. The fourth-order valence-electron chi connectivity index (χ4n) is 2.10. The summed E-state index contributed by atoms with van der Waals surface area (Å²) in [7, 11) is 0. The lowest BCUT2D eigenvalue weighted by atomic mass is 9.92. The van der Waals surface area contributed by atoms with Crippen molar-refractivity contribution in [2.75, 3.05) is 0 Å². The van der Waals surface area contributed by atoms with Gasteiger partial charge in [-0.2, -0.15) is 0 Å². The Morgan fingerprint density at radius 2 is 1.73 bits per heavy atom. The van der Waals surface area contributed by atoms with Gasteiger partial charge < -0.3 is 0 Å². The first kappa shape index (κ1) is 10.2. The van der Waals surface area contributed by atoms with E-state index in [0.717, 1.165) is 0 Å². The molecular formula is C15H17. The summed E-state index contributed by atoms with van der Waals surface area (Å²) in [6, 6.07) is 16.4. The minimum atomic E-state index is 0.662. The molecule has 0 nitrogen and oxygen atoms in total. The Morgan fingerprint density at radius 3 is 2.47 bits per heavy atom. The molecule has 1 radical (unpaired) electrons. The first-order valence-corrected chi connectivity index (χ1v) is 5.76. The SMILES string of the molecule is CCC(CC)c1[c]c2ccccc2cc1. The Kier molecular flexibility index (Phi) is 3.05. The summed E-state index contributed by atoms with van der Waals surface area (Å²) in [6.45, 7) is 4.49. The molecule has 0 spiro atoms. The third-order valence-corrected chi connectivity index (χ3v) is 3.11. The molecule has 0 atom stereocenters. The van der Waals surface area contributed by atoms with Gasteiger partial charge in [0.2, 0.25) is 0 Å².